The van der Waals surface area contributed by atoms with Gasteiger partial charge in [-0.15, -0.1) is 0 Å². The molecule has 0 spiro atoms. The van der Waals surface area contributed by atoms with E-state index in [-0.39, 0.29) is 25.4 Å². The fraction of sp³-hybridized carbons (Fsp3) is 0.286. The Balaban J connectivity index is 1.71. The smallest absolute Gasteiger partial charge is 0.408 e. The lowest BCUT2D eigenvalue weighted by molar-refractivity contribution is -0.131. The molecule has 2 aromatic carbocycles. The quantitative estimate of drug-likeness (QED) is 0.277. The number of benzene rings is 2. The Kier molecular flexibility index (Phi) is 9.17. The van der Waals surface area contributed by atoms with Crippen LogP contribution in [0.2, 0.25) is 0 Å². The van der Waals surface area contributed by atoms with Gasteiger partial charge in [-0.3, -0.25) is 14.8 Å². The third kappa shape index (κ3) is 8.44. The zero-order chi connectivity index (χ0) is 20.9. The monoisotopic (exact) mass is 399 g/mol. The molecular formula is C21H25N3O5. The van der Waals surface area contributed by atoms with Gasteiger partial charge < -0.3 is 15.4 Å². The third-order valence-electron chi connectivity index (χ3n) is 4.13. The van der Waals surface area contributed by atoms with Crippen LogP contribution in [0.3, 0.4) is 0 Å². The van der Waals surface area contributed by atoms with Crippen LogP contribution in [0.1, 0.15) is 24.0 Å². The average molecular weight is 399 g/mol. The molecule has 0 aliphatic carbocycles. The van der Waals surface area contributed by atoms with Crippen molar-refractivity contribution in [3.05, 3.63) is 71.8 Å². The molecule has 0 saturated heterocycles. The molecule has 0 radical (unpaired) electrons. The molecule has 2 aromatic rings. The number of hydrogen-bond acceptors (Lipinski definition) is 5. The molecule has 1 atom stereocenters. The molecular weight excluding hydrogens is 374 g/mol. The summed E-state index contributed by atoms with van der Waals surface area (Å²) < 4.78 is 5.08. The van der Waals surface area contributed by atoms with Gasteiger partial charge in [-0.05, 0) is 24.0 Å². The summed E-state index contributed by atoms with van der Waals surface area (Å²) in [6, 6.07) is 17.5. The minimum atomic E-state index is -0.978. The highest BCUT2D eigenvalue weighted by molar-refractivity contribution is 5.84. The molecule has 4 N–H and O–H groups in total. The number of amides is 3. The maximum Gasteiger partial charge on any atom is 0.408 e. The van der Waals surface area contributed by atoms with Crippen molar-refractivity contribution < 1.29 is 24.3 Å². The molecule has 0 aliphatic heterocycles. The molecule has 8 heteroatoms. The van der Waals surface area contributed by atoms with Crippen molar-refractivity contribution in [3.63, 3.8) is 0 Å². The Morgan fingerprint density at radius 2 is 1.55 bits per heavy atom. The van der Waals surface area contributed by atoms with Gasteiger partial charge in [0, 0.05) is 6.54 Å². The van der Waals surface area contributed by atoms with Crippen LogP contribution < -0.4 is 16.1 Å². The highest BCUT2D eigenvalue weighted by Crippen LogP contribution is 2.03. The maximum atomic E-state index is 11.9. The number of carbonyl (C=O) groups is 3. The van der Waals surface area contributed by atoms with Crippen LogP contribution in [0.15, 0.2) is 60.7 Å². The molecule has 0 aliphatic rings. The van der Waals surface area contributed by atoms with Crippen molar-refractivity contribution in [1.29, 1.82) is 0 Å². The van der Waals surface area contributed by atoms with Crippen LogP contribution in [0, 0.1) is 0 Å². The number of hydrogen-bond donors (Lipinski definition) is 4. The van der Waals surface area contributed by atoms with Gasteiger partial charge in [-0.1, -0.05) is 60.7 Å². The van der Waals surface area contributed by atoms with Crippen molar-refractivity contribution in [2.24, 2.45) is 0 Å². The van der Waals surface area contributed by atoms with E-state index in [1.54, 1.807) is 0 Å². The SMILES string of the molecule is O=C(Cc1ccccc1)NCCC[C@H](NC(=O)OCc1ccccc1)C(=O)NO. The summed E-state index contributed by atoms with van der Waals surface area (Å²) in [7, 11) is 0. The van der Waals surface area contributed by atoms with E-state index in [0.717, 1.165) is 11.1 Å². The number of rotatable bonds is 10. The van der Waals surface area contributed by atoms with Gasteiger partial charge >= 0.3 is 6.09 Å². The number of hydroxylamine groups is 1. The highest BCUT2D eigenvalue weighted by Gasteiger charge is 2.20. The van der Waals surface area contributed by atoms with Gasteiger partial charge in [0.25, 0.3) is 5.91 Å². The normalized spacial score (nSPS) is 11.2. The minimum Gasteiger partial charge on any atom is -0.445 e. The summed E-state index contributed by atoms with van der Waals surface area (Å²) >= 11 is 0. The van der Waals surface area contributed by atoms with Gasteiger partial charge in [0.2, 0.25) is 5.91 Å². The van der Waals surface area contributed by atoms with E-state index in [2.05, 4.69) is 10.6 Å². The summed E-state index contributed by atoms with van der Waals surface area (Å²) in [5.74, 6) is -0.883. The lowest BCUT2D eigenvalue weighted by Gasteiger charge is -2.17. The van der Waals surface area contributed by atoms with Gasteiger partial charge in [0.15, 0.2) is 0 Å². The van der Waals surface area contributed by atoms with E-state index in [4.69, 9.17) is 9.94 Å². The molecule has 2 rings (SSSR count). The first-order valence-electron chi connectivity index (χ1n) is 9.30. The molecule has 8 nitrogen and oxygen atoms in total. The summed E-state index contributed by atoms with van der Waals surface area (Å²) in [6.45, 7) is 0.400. The van der Waals surface area contributed by atoms with Crippen LogP contribution in [0.5, 0.6) is 0 Å². The lowest BCUT2D eigenvalue weighted by atomic mass is 10.1. The molecule has 0 saturated carbocycles. The van der Waals surface area contributed by atoms with E-state index in [1.807, 2.05) is 60.7 Å². The van der Waals surface area contributed by atoms with Crippen LogP contribution >= 0.6 is 0 Å². The Labute approximate surface area is 169 Å². The Morgan fingerprint density at radius 3 is 2.17 bits per heavy atom. The summed E-state index contributed by atoms with van der Waals surface area (Å²) in [5, 5.41) is 14.1. The largest absolute Gasteiger partial charge is 0.445 e. The van der Waals surface area contributed by atoms with Gasteiger partial charge in [-0.2, -0.15) is 0 Å². The molecule has 0 unspecified atom stereocenters. The first-order chi connectivity index (χ1) is 14.1. The number of ether oxygens (including phenoxy) is 1. The zero-order valence-electron chi connectivity index (χ0n) is 16.0. The summed E-state index contributed by atoms with van der Waals surface area (Å²) in [5.41, 5.74) is 3.25. The molecule has 0 aromatic heterocycles. The fourth-order valence-electron chi connectivity index (χ4n) is 2.63. The van der Waals surface area contributed by atoms with E-state index >= 15 is 0 Å². The minimum absolute atomic E-state index is 0.0652. The molecule has 29 heavy (non-hydrogen) atoms. The van der Waals surface area contributed by atoms with Crippen LogP contribution in [0.4, 0.5) is 4.79 Å². The topological polar surface area (TPSA) is 117 Å². The molecule has 154 valence electrons. The number of nitrogens with one attached hydrogen (secondary N) is 3. The Bertz CT molecular complexity index is 783. The van der Waals surface area contributed by atoms with E-state index in [0.29, 0.717) is 13.0 Å². The van der Waals surface area contributed by atoms with Crippen molar-refractivity contribution in [3.8, 4) is 0 Å². The number of carbonyl (C=O) groups excluding carboxylic acids is 3. The van der Waals surface area contributed by atoms with Crippen LogP contribution in [-0.2, 0) is 27.4 Å². The van der Waals surface area contributed by atoms with Crippen molar-refractivity contribution in [2.45, 2.75) is 31.9 Å². The maximum absolute atomic E-state index is 11.9. The third-order valence-corrected chi connectivity index (χ3v) is 4.13. The van der Waals surface area contributed by atoms with Crippen LogP contribution in [-0.4, -0.2) is 35.7 Å². The van der Waals surface area contributed by atoms with Crippen molar-refractivity contribution >= 4 is 17.9 Å². The Morgan fingerprint density at radius 1 is 0.931 bits per heavy atom. The molecule has 0 heterocycles. The summed E-state index contributed by atoms with van der Waals surface area (Å²) in [6.07, 6.45) is 0.150. The lowest BCUT2D eigenvalue weighted by Crippen LogP contribution is -2.46. The summed E-state index contributed by atoms with van der Waals surface area (Å²) in [4.78, 5) is 35.6. The Hall–Kier alpha value is -3.39. The van der Waals surface area contributed by atoms with Crippen molar-refractivity contribution in [2.75, 3.05) is 6.54 Å². The van der Waals surface area contributed by atoms with Gasteiger partial charge in [0.1, 0.15) is 12.6 Å². The molecule has 3 amide bonds. The highest BCUT2D eigenvalue weighted by atomic mass is 16.5. The zero-order valence-corrected chi connectivity index (χ0v) is 16.0. The predicted octanol–water partition coefficient (Wildman–Crippen LogP) is 1.93. The van der Waals surface area contributed by atoms with E-state index in [1.165, 1.54) is 5.48 Å². The second-order valence-electron chi connectivity index (χ2n) is 6.39. The average Bonchev–Trinajstić information content (AvgIpc) is 2.75. The fourth-order valence-corrected chi connectivity index (χ4v) is 2.63. The molecule has 0 bridgehead atoms. The van der Waals surface area contributed by atoms with Crippen LogP contribution in [0.25, 0.3) is 0 Å². The molecule has 0 fully saturated rings. The van der Waals surface area contributed by atoms with Crippen molar-refractivity contribution in [1.82, 2.24) is 16.1 Å². The first-order valence-corrected chi connectivity index (χ1v) is 9.30. The van der Waals surface area contributed by atoms with Gasteiger partial charge in [0.05, 0.1) is 6.42 Å². The standard InChI is InChI=1S/C21H25N3O5/c25-19(14-16-8-3-1-4-9-16)22-13-7-12-18(20(26)24-28)23-21(27)29-15-17-10-5-2-6-11-17/h1-6,8-11,18,28H,7,12-15H2,(H,22,25)(H,23,27)(H,24,26)/t18-/m0/s1. The van der Waals surface area contributed by atoms with E-state index < -0.39 is 18.0 Å². The second-order valence-corrected chi connectivity index (χ2v) is 6.39. The number of alkyl carbamates (subject to hydrolysis) is 1. The second kappa shape index (κ2) is 12.1. The first kappa shape index (κ1) is 21.9. The predicted molar refractivity (Wildman–Crippen MR) is 106 cm³/mol. The van der Waals surface area contributed by atoms with E-state index in [9.17, 15) is 14.4 Å². The van der Waals surface area contributed by atoms with Gasteiger partial charge in [-0.25, -0.2) is 10.3 Å².